The monoisotopic (exact) mass is 332 g/mol. The Morgan fingerprint density at radius 2 is 2.10 bits per heavy atom. The van der Waals surface area contributed by atoms with Crippen molar-refractivity contribution in [2.45, 2.75) is 25.8 Å². The van der Waals surface area contributed by atoms with Gasteiger partial charge >= 0.3 is 0 Å². The van der Waals surface area contributed by atoms with Gasteiger partial charge in [0.05, 0.1) is 0 Å². The van der Waals surface area contributed by atoms with E-state index in [2.05, 4.69) is 28.9 Å². The zero-order chi connectivity index (χ0) is 14.3. The maximum Gasteiger partial charge on any atom is 0.275 e. The molecule has 0 saturated heterocycles. The van der Waals surface area contributed by atoms with Gasteiger partial charge in [0.15, 0.2) is 0 Å². The molecule has 0 N–H and O–H groups in total. The summed E-state index contributed by atoms with van der Waals surface area (Å²) in [6.07, 6.45) is 3.96. The number of para-hydroxylation sites is 1. The number of amides is 1. The maximum absolute atomic E-state index is 12.9. The molecule has 1 aromatic carbocycles. The van der Waals surface area contributed by atoms with Crippen molar-refractivity contribution in [3.8, 4) is 0 Å². The van der Waals surface area contributed by atoms with Crippen molar-refractivity contribution in [2.75, 3.05) is 4.90 Å². The van der Waals surface area contributed by atoms with Crippen LogP contribution < -0.4 is 4.90 Å². The van der Waals surface area contributed by atoms with Crippen LogP contribution in [0.3, 0.4) is 0 Å². The number of hydrogen-bond acceptors (Lipinski definition) is 1. The number of benzene rings is 1. The molecule has 1 aliphatic heterocycles. The molecule has 0 spiro atoms. The van der Waals surface area contributed by atoms with Crippen molar-refractivity contribution in [3.63, 3.8) is 0 Å². The van der Waals surface area contributed by atoms with Crippen LogP contribution in [-0.4, -0.2) is 16.5 Å². The molecular weight excluding hydrogens is 316 g/mol. The lowest BCUT2D eigenvalue weighted by atomic mass is 9.96. The van der Waals surface area contributed by atoms with Crippen molar-refractivity contribution >= 4 is 27.5 Å². The van der Waals surface area contributed by atoms with Crippen molar-refractivity contribution in [2.24, 2.45) is 7.05 Å². The van der Waals surface area contributed by atoms with Gasteiger partial charge in [0.25, 0.3) is 5.91 Å². The Kier molecular flexibility index (Phi) is 3.42. The fourth-order valence-corrected chi connectivity index (χ4v) is 3.38. The molecule has 20 heavy (non-hydrogen) atoms. The minimum absolute atomic E-state index is 0.0675. The molecule has 0 aliphatic carbocycles. The molecule has 1 atom stereocenters. The minimum atomic E-state index is 0.0675. The Labute approximate surface area is 127 Å². The van der Waals surface area contributed by atoms with E-state index in [1.54, 1.807) is 0 Å². The third kappa shape index (κ3) is 2.18. The summed E-state index contributed by atoms with van der Waals surface area (Å²) in [6.45, 7) is 2.12. The molecule has 0 saturated carbocycles. The lowest BCUT2D eigenvalue weighted by molar-refractivity contribution is 0.0967. The van der Waals surface area contributed by atoms with Gasteiger partial charge < -0.3 is 9.47 Å². The average Bonchev–Trinajstić information content (AvgIpc) is 2.77. The number of halogens is 1. The Balaban J connectivity index is 2.05. The first-order valence-corrected chi connectivity index (χ1v) is 7.60. The first-order chi connectivity index (χ1) is 9.58. The number of carbonyl (C=O) groups excluding carboxylic acids is 1. The number of carbonyl (C=O) groups is 1. The highest BCUT2D eigenvalue weighted by Crippen LogP contribution is 2.32. The van der Waals surface area contributed by atoms with Crippen LogP contribution in [0, 0.1) is 0 Å². The summed E-state index contributed by atoms with van der Waals surface area (Å²) in [4.78, 5) is 14.8. The van der Waals surface area contributed by atoms with E-state index < -0.39 is 0 Å². The lowest BCUT2D eigenvalue weighted by Gasteiger charge is -2.35. The van der Waals surface area contributed by atoms with E-state index in [1.165, 1.54) is 5.56 Å². The van der Waals surface area contributed by atoms with Crippen LogP contribution in [0.2, 0.25) is 0 Å². The van der Waals surface area contributed by atoms with Crippen LogP contribution in [-0.2, 0) is 13.5 Å². The van der Waals surface area contributed by atoms with Gasteiger partial charge in [-0.25, -0.2) is 0 Å². The van der Waals surface area contributed by atoms with Crippen LogP contribution in [0.25, 0.3) is 0 Å². The van der Waals surface area contributed by atoms with Gasteiger partial charge in [-0.3, -0.25) is 4.79 Å². The van der Waals surface area contributed by atoms with Crippen molar-refractivity contribution in [1.29, 1.82) is 0 Å². The summed E-state index contributed by atoms with van der Waals surface area (Å²) in [5.41, 5.74) is 3.02. The van der Waals surface area contributed by atoms with E-state index in [1.807, 2.05) is 47.0 Å². The predicted octanol–water partition coefficient (Wildman–Crippen LogP) is 3.77. The fourth-order valence-electron chi connectivity index (χ4n) is 2.86. The van der Waals surface area contributed by atoms with E-state index in [4.69, 9.17) is 0 Å². The molecule has 104 valence electrons. The summed E-state index contributed by atoms with van der Waals surface area (Å²) >= 11 is 3.43. The second kappa shape index (κ2) is 5.09. The third-order valence-corrected chi connectivity index (χ3v) is 4.37. The smallest absolute Gasteiger partial charge is 0.275 e. The number of aryl methyl sites for hydroxylation is 2. The van der Waals surface area contributed by atoms with Gasteiger partial charge in [-0.2, -0.15) is 0 Å². The Morgan fingerprint density at radius 1 is 1.35 bits per heavy atom. The topological polar surface area (TPSA) is 25.2 Å². The van der Waals surface area contributed by atoms with E-state index in [0.717, 1.165) is 23.0 Å². The van der Waals surface area contributed by atoms with Crippen LogP contribution in [0.4, 0.5) is 5.69 Å². The highest BCUT2D eigenvalue weighted by atomic mass is 79.9. The second-order valence-corrected chi connectivity index (χ2v) is 6.26. The molecule has 1 unspecified atom stereocenters. The van der Waals surface area contributed by atoms with Crippen LogP contribution >= 0.6 is 15.9 Å². The molecule has 0 radical (unpaired) electrons. The van der Waals surface area contributed by atoms with Gasteiger partial charge in [0, 0.05) is 29.4 Å². The normalized spacial score (nSPS) is 17.9. The van der Waals surface area contributed by atoms with Gasteiger partial charge in [-0.05, 0) is 53.4 Å². The first-order valence-electron chi connectivity index (χ1n) is 6.81. The zero-order valence-electron chi connectivity index (χ0n) is 11.6. The summed E-state index contributed by atoms with van der Waals surface area (Å²) in [6, 6.07) is 10.3. The zero-order valence-corrected chi connectivity index (χ0v) is 13.2. The molecule has 0 fully saturated rings. The molecule has 0 bridgehead atoms. The molecular formula is C16H17BrN2O. The summed E-state index contributed by atoms with van der Waals surface area (Å²) in [7, 11) is 1.90. The minimum Gasteiger partial charge on any atom is -0.345 e. The average molecular weight is 333 g/mol. The molecule has 1 aliphatic rings. The maximum atomic E-state index is 12.9. The molecule has 3 nitrogen and oxygen atoms in total. The van der Waals surface area contributed by atoms with Crippen molar-refractivity contribution < 1.29 is 4.79 Å². The Hall–Kier alpha value is -1.55. The van der Waals surface area contributed by atoms with Crippen LogP contribution in [0.5, 0.6) is 0 Å². The lowest BCUT2D eigenvalue weighted by Crippen LogP contribution is -2.42. The molecule has 4 heteroatoms. The van der Waals surface area contributed by atoms with Gasteiger partial charge in [-0.15, -0.1) is 0 Å². The number of aromatic nitrogens is 1. The molecule has 3 rings (SSSR count). The van der Waals surface area contributed by atoms with Crippen molar-refractivity contribution in [1.82, 2.24) is 4.57 Å². The Bertz CT molecular complexity index is 662. The van der Waals surface area contributed by atoms with Gasteiger partial charge in [-0.1, -0.05) is 18.2 Å². The largest absolute Gasteiger partial charge is 0.345 e. The number of anilines is 1. The molecule has 1 amide bonds. The number of nitrogens with zero attached hydrogens (tertiary/aromatic N) is 2. The fraction of sp³-hybridized carbons (Fsp3) is 0.312. The van der Waals surface area contributed by atoms with E-state index in [9.17, 15) is 4.79 Å². The second-order valence-electron chi connectivity index (χ2n) is 5.35. The van der Waals surface area contributed by atoms with Gasteiger partial charge in [0.2, 0.25) is 0 Å². The quantitative estimate of drug-likeness (QED) is 0.780. The molecule has 2 heterocycles. The summed E-state index contributed by atoms with van der Waals surface area (Å²) < 4.78 is 2.80. The summed E-state index contributed by atoms with van der Waals surface area (Å²) in [5.74, 6) is 0.0675. The molecule has 1 aromatic heterocycles. The Morgan fingerprint density at radius 3 is 2.80 bits per heavy atom. The highest BCUT2D eigenvalue weighted by molar-refractivity contribution is 9.10. The summed E-state index contributed by atoms with van der Waals surface area (Å²) in [5, 5.41) is 0. The van der Waals surface area contributed by atoms with Crippen LogP contribution in [0.1, 0.15) is 29.4 Å². The number of rotatable bonds is 1. The standard InChI is InChI=1S/C16H17BrN2O/c1-11-7-8-12-5-3-4-6-14(12)19(11)16(20)15-9-13(17)10-18(15)2/h3-6,9-11H,7-8H2,1-2H3. The highest BCUT2D eigenvalue weighted by Gasteiger charge is 2.29. The van der Waals surface area contributed by atoms with E-state index >= 15 is 0 Å². The first kappa shape index (κ1) is 13.4. The van der Waals surface area contributed by atoms with Crippen LogP contribution in [0.15, 0.2) is 41.0 Å². The predicted molar refractivity (Wildman–Crippen MR) is 84.1 cm³/mol. The van der Waals surface area contributed by atoms with Gasteiger partial charge in [0.1, 0.15) is 5.69 Å². The molecule has 2 aromatic rings. The SMILES string of the molecule is CC1CCc2ccccc2N1C(=O)c1cc(Br)cn1C. The van der Waals surface area contributed by atoms with Crippen molar-refractivity contribution in [3.05, 3.63) is 52.3 Å². The van der Waals surface area contributed by atoms with E-state index in [0.29, 0.717) is 5.69 Å². The third-order valence-electron chi connectivity index (χ3n) is 3.93. The van der Waals surface area contributed by atoms with E-state index in [-0.39, 0.29) is 11.9 Å². The number of fused-ring (bicyclic) bond motifs is 1. The number of hydrogen-bond donors (Lipinski definition) is 0.